The van der Waals surface area contributed by atoms with Gasteiger partial charge in [-0.2, -0.15) is 0 Å². The standard InChI is InChI=1S/C14H21NO4/c1-14(2,3)6-4-5-7-15-12(16)11-8-10(9-19-11)13(17)18/h8-9H,4-7H2,1-3H3,(H,15,16)(H,17,18). The quantitative estimate of drug-likeness (QED) is 0.777. The summed E-state index contributed by atoms with van der Waals surface area (Å²) in [5.74, 6) is -1.44. The molecule has 0 aliphatic carbocycles. The van der Waals surface area contributed by atoms with Gasteiger partial charge < -0.3 is 14.8 Å². The highest BCUT2D eigenvalue weighted by Crippen LogP contribution is 2.21. The van der Waals surface area contributed by atoms with Crippen LogP contribution in [0.4, 0.5) is 0 Å². The van der Waals surface area contributed by atoms with Crippen LogP contribution in [-0.2, 0) is 0 Å². The molecule has 0 spiro atoms. The van der Waals surface area contributed by atoms with E-state index in [0.717, 1.165) is 25.5 Å². The number of amides is 1. The molecule has 0 radical (unpaired) electrons. The van der Waals surface area contributed by atoms with Crippen LogP contribution in [0, 0.1) is 5.41 Å². The Hall–Kier alpha value is -1.78. The monoisotopic (exact) mass is 267 g/mol. The molecule has 19 heavy (non-hydrogen) atoms. The molecule has 1 aromatic heterocycles. The van der Waals surface area contributed by atoms with E-state index in [1.54, 1.807) is 0 Å². The second-order valence-corrected chi connectivity index (χ2v) is 5.78. The molecule has 0 saturated heterocycles. The van der Waals surface area contributed by atoms with Crippen LogP contribution in [0.5, 0.6) is 0 Å². The molecule has 0 fully saturated rings. The molecule has 5 nitrogen and oxygen atoms in total. The molecule has 1 aromatic rings. The van der Waals surface area contributed by atoms with Crippen molar-refractivity contribution in [2.45, 2.75) is 40.0 Å². The van der Waals surface area contributed by atoms with E-state index in [0.29, 0.717) is 12.0 Å². The number of carboxylic acids is 1. The van der Waals surface area contributed by atoms with Gasteiger partial charge in [-0.1, -0.05) is 27.2 Å². The fourth-order valence-electron chi connectivity index (χ4n) is 1.64. The summed E-state index contributed by atoms with van der Waals surface area (Å²) in [6.07, 6.45) is 4.11. The molecule has 0 bridgehead atoms. The highest BCUT2D eigenvalue weighted by molar-refractivity contribution is 5.95. The SMILES string of the molecule is CC(C)(C)CCCCNC(=O)c1cc(C(=O)O)co1. The third-order valence-corrected chi connectivity index (χ3v) is 2.71. The maximum absolute atomic E-state index is 11.6. The van der Waals surface area contributed by atoms with Gasteiger partial charge in [-0.05, 0) is 18.3 Å². The number of carbonyl (C=O) groups is 2. The third-order valence-electron chi connectivity index (χ3n) is 2.71. The van der Waals surface area contributed by atoms with Gasteiger partial charge in [0, 0.05) is 12.6 Å². The molecule has 106 valence electrons. The highest BCUT2D eigenvalue weighted by Gasteiger charge is 2.14. The minimum atomic E-state index is -1.10. The zero-order chi connectivity index (χ0) is 14.5. The van der Waals surface area contributed by atoms with E-state index in [-0.39, 0.29) is 17.2 Å². The van der Waals surface area contributed by atoms with Gasteiger partial charge >= 0.3 is 5.97 Å². The summed E-state index contributed by atoms with van der Waals surface area (Å²) < 4.78 is 4.91. The zero-order valence-electron chi connectivity index (χ0n) is 11.7. The Bertz CT molecular complexity index is 443. The number of hydrogen-bond donors (Lipinski definition) is 2. The number of unbranched alkanes of at least 4 members (excludes halogenated alkanes) is 1. The van der Waals surface area contributed by atoms with E-state index in [9.17, 15) is 9.59 Å². The van der Waals surface area contributed by atoms with Gasteiger partial charge in [0.2, 0.25) is 0 Å². The second kappa shape index (κ2) is 6.41. The van der Waals surface area contributed by atoms with E-state index in [1.165, 1.54) is 6.07 Å². The van der Waals surface area contributed by atoms with Gasteiger partial charge in [0.05, 0.1) is 5.56 Å². The molecule has 2 N–H and O–H groups in total. The number of carboxylic acid groups (broad SMARTS) is 1. The lowest BCUT2D eigenvalue weighted by atomic mass is 9.90. The molecular weight excluding hydrogens is 246 g/mol. The van der Waals surface area contributed by atoms with Gasteiger partial charge in [0.1, 0.15) is 6.26 Å². The Balaban J connectivity index is 2.29. The van der Waals surface area contributed by atoms with E-state index in [2.05, 4.69) is 26.1 Å². The summed E-state index contributed by atoms with van der Waals surface area (Å²) >= 11 is 0. The van der Waals surface area contributed by atoms with Crippen molar-refractivity contribution < 1.29 is 19.1 Å². The van der Waals surface area contributed by atoms with Crippen molar-refractivity contribution in [2.24, 2.45) is 5.41 Å². The summed E-state index contributed by atoms with van der Waals surface area (Å²) in [6.45, 7) is 7.11. The maximum atomic E-state index is 11.6. The number of furan rings is 1. The van der Waals surface area contributed by atoms with Crippen molar-refractivity contribution in [1.82, 2.24) is 5.32 Å². The van der Waals surface area contributed by atoms with Crippen molar-refractivity contribution in [3.63, 3.8) is 0 Å². The minimum absolute atomic E-state index is 0.0158. The Kier molecular flexibility index (Phi) is 5.15. The van der Waals surface area contributed by atoms with E-state index >= 15 is 0 Å². The van der Waals surface area contributed by atoms with Gasteiger partial charge in [-0.3, -0.25) is 4.79 Å². The van der Waals surface area contributed by atoms with Crippen molar-refractivity contribution >= 4 is 11.9 Å². The van der Waals surface area contributed by atoms with Gasteiger partial charge in [0.15, 0.2) is 5.76 Å². The molecule has 1 heterocycles. The van der Waals surface area contributed by atoms with Crippen LogP contribution >= 0.6 is 0 Å². The zero-order valence-corrected chi connectivity index (χ0v) is 11.7. The number of hydrogen-bond acceptors (Lipinski definition) is 3. The molecule has 0 atom stereocenters. The number of rotatable bonds is 6. The highest BCUT2D eigenvalue weighted by atomic mass is 16.4. The lowest BCUT2D eigenvalue weighted by molar-refractivity contribution is 0.0696. The normalized spacial score (nSPS) is 11.3. The van der Waals surface area contributed by atoms with Crippen LogP contribution in [0.1, 0.15) is 60.9 Å². The van der Waals surface area contributed by atoms with Crippen molar-refractivity contribution in [3.8, 4) is 0 Å². The molecule has 0 unspecified atom stereocenters. The Labute approximate surface area is 113 Å². The van der Waals surface area contributed by atoms with Crippen LogP contribution < -0.4 is 5.32 Å². The molecule has 0 aliphatic heterocycles. The summed E-state index contributed by atoms with van der Waals surface area (Å²) in [5, 5.41) is 11.4. The summed E-state index contributed by atoms with van der Waals surface area (Å²) in [7, 11) is 0. The maximum Gasteiger partial charge on any atom is 0.338 e. The molecule has 0 saturated carbocycles. The first-order valence-electron chi connectivity index (χ1n) is 6.39. The van der Waals surface area contributed by atoms with E-state index in [4.69, 9.17) is 9.52 Å². The average Bonchev–Trinajstić information content (AvgIpc) is 2.76. The summed E-state index contributed by atoms with van der Waals surface area (Å²) in [4.78, 5) is 22.3. The Morgan fingerprint density at radius 1 is 1.32 bits per heavy atom. The Morgan fingerprint density at radius 3 is 2.53 bits per heavy atom. The molecule has 1 amide bonds. The van der Waals surface area contributed by atoms with Crippen LogP contribution in [0.25, 0.3) is 0 Å². The largest absolute Gasteiger partial charge is 0.478 e. The third kappa shape index (κ3) is 5.59. The first-order chi connectivity index (χ1) is 8.79. The van der Waals surface area contributed by atoms with Crippen molar-refractivity contribution in [3.05, 3.63) is 23.7 Å². The van der Waals surface area contributed by atoms with Gasteiger partial charge in [-0.25, -0.2) is 4.79 Å². The minimum Gasteiger partial charge on any atom is -0.478 e. The number of nitrogens with one attached hydrogen (secondary N) is 1. The van der Waals surface area contributed by atoms with E-state index < -0.39 is 5.97 Å². The predicted octanol–water partition coefficient (Wildman–Crippen LogP) is 2.92. The fourth-order valence-corrected chi connectivity index (χ4v) is 1.64. The predicted molar refractivity (Wildman–Crippen MR) is 71.3 cm³/mol. The average molecular weight is 267 g/mol. The molecule has 0 aromatic carbocycles. The summed E-state index contributed by atoms with van der Waals surface area (Å²) in [5.41, 5.74) is 0.291. The summed E-state index contributed by atoms with van der Waals surface area (Å²) in [6, 6.07) is 1.23. The van der Waals surface area contributed by atoms with Crippen molar-refractivity contribution in [2.75, 3.05) is 6.54 Å². The smallest absolute Gasteiger partial charge is 0.338 e. The second-order valence-electron chi connectivity index (χ2n) is 5.78. The van der Waals surface area contributed by atoms with Gasteiger partial charge in [0.25, 0.3) is 5.91 Å². The number of carbonyl (C=O) groups excluding carboxylic acids is 1. The lowest BCUT2D eigenvalue weighted by Gasteiger charge is -2.17. The lowest BCUT2D eigenvalue weighted by Crippen LogP contribution is -2.24. The first kappa shape index (κ1) is 15.3. The Morgan fingerprint density at radius 2 is 2.00 bits per heavy atom. The topological polar surface area (TPSA) is 79.5 Å². The fraction of sp³-hybridized carbons (Fsp3) is 0.571. The molecule has 0 aliphatic rings. The van der Waals surface area contributed by atoms with Crippen LogP contribution in [-0.4, -0.2) is 23.5 Å². The van der Waals surface area contributed by atoms with Crippen molar-refractivity contribution in [1.29, 1.82) is 0 Å². The molecule has 1 rings (SSSR count). The molecule has 5 heteroatoms. The number of aromatic carboxylic acids is 1. The molecular formula is C14H21NO4. The van der Waals surface area contributed by atoms with Crippen LogP contribution in [0.15, 0.2) is 16.7 Å². The van der Waals surface area contributed by atoms with E-state index in [1.807, 2.05) is 0 Å². The van der Waals surface area contributed by atoms with Crippen LogP contribution in [0.3, 0.4) is 0 Å². The van der Waals surface area contributed by atoms with Crippen LogP contribution in [0.2, 0.25) is 0 Å². The van der Waals surface area contributed by atoms with Gasteiger partial charge in [-0.15, -0.1) is 0 Å². The first-order valence-corrected chi connectivity index (χ1v) is 6.39.